The van der Waals surface area contributed by atoms with Gasteiger partial charge in [-0.15, -0.1) is 0 Å². The monoisotopic (exact) mass is 472 g/mol. The molecule has 1 aliphatic carbocycles. The van der Waals surface area contributed by atoms with Gasteiger partial charge in [0.25, 0.3) is 5.91 Å². The quantitative estimate of drug-likeness (QED) is 0.499. The van der Waals surface area contributed by atoms with Crippen molar-refractivity contribution in [3.8, 4) is 5.75 Å². The molecule has 0 radical (unpaired) electrons. The predicted octanol–water partition coefficient (Wildman–Crippen LogP) is 5.12. The molecule has 6 nitrogen and oxygen atoms in total. The average molecular weight is 473 g/mol. The number of carbonyl (C=O) groups excluding carboxylic acids is 1. The fourth-order valence-corrected chi connectivity index (χ4v) is 5.57. The summed E-state index contributed by atoms with van der Waals surface area (Å²) in [5, 5.41) is 4.93. The summed E-state index contributed by atoms with van der Waals surface area (Å²) in [6.07, 6.45) is 4.90. The van der Waals surface area contributed by atoms with Gasteiger partial charge in [-0.05, 0) is 42.5 Å². The van der Waals surface area contributed by atoms with Crippen molar-refractivity contribution in [2.75, 3.05) is 11.9 Å². The van der Waals surface area contributed by atoms with Gasteiger partial charge in [0.2, 0.25) is 10.0 Å². The van der Waals surface area contributed by atoms with Crippen LogP contribution in [0.1, 0.15) is 32.1 Å². The van der Waals surface area contributed by atoms with E-state index < -0.39 is 10.0 Å². The van der Waals surface area contributed by atoms with Crippen LogP contribution in [0, 0.1) is 0 Å². The molecule has 0 aliphatic heterocycles. The molecule has 0 bridgehead atoms. The first kappa shape index (κ1) is 22.6. The van der Waals surface area contributed by atoms with Crippen molar-refractivity contribution in [2.45, 2.75) is 43.0 Å². The molecule has 4 rings (SSSR count). The van der Waals surface area contributed by atoms with Gasteiger partial charge in [0.15, 0.2) is 6.61 Å². The Morgan fingerprint density at radius 3 is 2.53 bits per heavy atom. The van der Waals surface area contributed by atoms with Gasteiger partial charge in [-0.1, -0.05) is 67.3 Å². The van der Waals surface area contributed by atoms with Crippen LogP contribution in [0.4, 0.5) is 5.69 Å². The Bertz CT molecular complexity index is 1220. The van der Waals surface area contributed by atoms with Crippen LogP contribution in [0.3, 0.4) is 0 Å². The molecule has 1 aliphatic rings. The van der Waals surface area contributed by atoms with Gasteiger partial charge >= 0.3 is 0 Å². The lowest BCUT2D eigenvalue weighted by atomic mass is 9.96. The van der Waals surface area contributed by atoms with Crippen molar-refractivity contribution >= 4 is 44.0 Å². The van der Waals surface area contributed by atoms with Gasteiger partial charge in [0.1, 0.15) is 5.75 Å². The van der Waals surface area contributed by atoms with Crippen LogP contribution in [-0.2, 0) is 14.8 Å². The second-order valence-electron chi connectivity index (χ2n) is 7.91. The highest BCUT2D eigenvalue weighted by Gasteiger charge is 2.22. The maximum atomic E-state index is 12.7. The SMILES string of the molecule is O=C(COc1ccc(S(=O)(=O)NC2CCCCC2)cc1Cl)Nc1cccc2ccccc12. The molecule has 0 unspecified atom stereocenters. The van der Waals surface area contributed by atoms with E-state index >= 15 is 0 Å². The number of sulfonamides is 1. The number of fused-ring (bicyclic) bond motifs is 1. The first-order valence-corrected chi connectivity index (χ1v) is 12.5. The lowest BCUT2D eigenvalue weighted by Crippen LogP contribution is -2.36. The molecule has 3 aromatic carbocycles. The standard InChI is InChI=1S/C24H25ClN2O4S/c25-21-15-19(32(29,30)27-18-9-2-1-3-10-18)13-14-23(21)31-16-24(28)26-22-12-6-8-17-7-4-5-11-20(17)22/h4-8,11-15,18,27H,1-3,9-10,16H2,(H,26,28). The van der Waals surface area contributed by atoms with Crippen molar-refractivity contribution in [1.29, 1.82) is 0 Å². The van der Waals surface area contributed by atoms with Crippen LogP contribution >= 0.6 is 11.6 Å². The molecule has 0 heterocycles. The highest BCUT2D eigenvalue weighted by Crippen LogP contribution is 2.28. The summed E-state index contributed by atoms with van der Waals surface area (Å²) in [5.41, 5.74) is 0.693. The average Bonchev–Trinajstić information content (AvgIpc) is 2.79. The van der Waals surface area contributed by atoms with Gasteiger partial charge in [0.05, 0.1) is 9.92 Å². The predicted molar refractivity (Wildman–Crippen MR) is 127 cm³/mol. The zero-order valence-electron chi connectivity index (χ0n) is 17.5. The lowest BCUT2D eigenvalue weighted by molar-refractivity contribution is -0.118. The Morgan fingerprint density at radius 1 is 1.00 bits per heavy atom. The van der Waals surface area contributed by atoms with Crippen molar-refractivity contribution in [3.63, 3.8) is 0 Å². The van der Waals surface area contributed by atoms with Crippen LogP contribution < -0.4 is 14.8 Å². The van der Waals surface area contributed by atoms with E-state index in [1.807, 2.05) is 42.5 Å². The summed E-state index contributed by atoms with van der Waals surface area (Å²) in [7, 11) is -3.66. The summed E-state index contributed by atoms with van der Waals surface area (Å²) in [6.45, 7) is -0.255. The third kappa shape index (κ3) is 5.41. The number of carbonyl (C=O) groups is 1. The van der Waals surface area contributed by atoms with E-state index in [0.717, 1.165) is 42.9 Å². The molecule has 3 aromatic rings. The Morgan fingerprint density at radius 2 is 1.75 bits per heavy atom. The number of hydrogen-bond donors (Lipinski definition) is 2. The Labute approximate surface area is 193 Å². The van der Waals surface area contributed by atoms with E-state index in [9.17, 15) is 13.2 Å². The van der Waals surface area contributed by atoms with E-state index in [1.54, 1.807) is 0 Å². The van der Waals surface area contributed by atoms with E-state index in [0.29, 0.717) is 5.69 Å². The van der Waals surface area contributed by atoms with E-state index in [2.05, 4.69) is 10.0 Å². The topological polar surface area (TPSA) is 84.5 Å². The summed E-state index contributed by atoms with van der Waals surface area (Å²) >= 11 is 6.25. The number of anilines is 1. The second-order valence-corrected chi connectivity index (χ2v) is 10.0. The van der Waals surface area contributed by atoms with Gasteiger partial charge in [-0.3, -0.25) is 4.79 Å². The minimum atomic E-state index is -3.66. The smallest absolute Gasteiger partial charge is 0.262 e. The number of benzene rings is 3. The number of rotatable bonds is 7. The highest BCUT2D eigenvalue weighted by atomic mass is 35.5. The zero-order valence-corrected chi connectivity index (χ0v) is 19.1. The van der Waals surface area contributed by atoms with Gasteiger partial charge in [0, 0.05) is 17.1 Å². The molecular weight excluding hydrogens is 448 g/mol. The Hall–Kier alpha value is -2.61. The molecular formula is C24H25ClN2O4S. The molecule has 0 spiro atoms. The molecule has 0 aromatic heterocycles. The largest absolute Gasteiger partial charge is 0.482 e. The van der Waals surface area contributed by atoms with Crippen LogP contribution in [0.5, 0.6) is 5.75 Å². The molecule has 1 fully saturated rings. The van der Waals surface area contributed by atoms with E-state index in [-0.39, 0.29) is 34.2 Å². The van der Waals surface area contributed by atoms with E-state index in [4.69, 9.17) is 16.3 Å². The van der Waals surface area contributed by atoms with Crippen molar-refractivity contribution in [1.82, 2.24) is 4.72 Å². The van der Waals surface area contributed by atoms with Crippen molar-refractivity contribution < 1.29 is 17.9 Å². The number of halogens is 1. The van der Waals surface area contributed by atoms with Crippen molar-refractivity contribution in [2.24, 2.45) is 0 Å². The van der Waals surface area contributed by atoms with Crippen LogP contribution in [0.2, 0.25) is 5.02 Å². The number of nitrogens with one attached hydrogen (secondary N) is 2. The summed E-state index contributed by atoms with van der Waals surface area (Å²) in [4.78, 5) is 12.5. The summed E-state index contributed by atoms with van der Waals surface area (Å²) in [5.74, 6) is -0.0931. The number of ether oxygens (including phenoxy) is 1. The van der Waals surface area contributed by atoms with Gasteiger partial charge in [-0.2, -0.15) is 0 Å². The minimum absolute atomic E-state index is 0.0405. The second kappa shape index (κ2) is 9.90. The van der Waals surface area contributed by atoms with Crippen LogP contribution in [-0.4, -0.2) is 27.0 Å². The van der Waals surface area contributed by atoms with Gasteiger partial charge < -0.3 is 10.1 Å². The molecule has 1 amide bonds. The van der Waals surface area contributed by atoms with Crippen LogP contribution in [0.25, 0.3) is 10.8 Å². The summed E-state index contributed by atoms with van der Waals surface area (Å²) < 4.78 is 33.6. The fourth-order valence-electron chi connectivity index (χ4n) is 3.94. The number of amides is 1. The Kier molecular flexibility index (Phi) is 6.98. The summed E-state index contributed by atoms with van der Waals surface area (Å²) in [6, 6.07) is 17.6. The third-order valence-electron chi connectivity index (χ3n) is 5.56. The Balaban J connectivity index is 1.38. The normalized spacial score (nSPS) is 14.9. The minimum Gasteiger partial charge on any atom is -0.482 e. The lowest BCUT2D eigenvalue weighted by Gasteiger charge is -2.22. The first-order valence-electron chi connectivity index (χ1n) is 10.6. The van der Waals surface area contributed by atoms with Crippen molar-refractivity contribution in [3.05, 3.63) is 65.7 Å². The molecule has 8 heteroatoms. The van der Waals surface area contributed by atoms with Gasteiger partial charge in [-0.25, -0.2) is 13.1 Å². The maximum absolute atomic E-state index is 12.7. The molecule has 32 heavy (non-hydrogen) atoms. The third-order valence-corrected chi connectivity index (χ3v) is 7.38. The fraction of sp³-hybridized carbons (Fsp3) is 0.292. The van der Waals surface area contributed by atoms with Crippen LogP contribution in [0.15, 0.2) is 65.6 Å². The van der Waals surface area contributed by atoms with E-state index in [1.165, 1.54) is 18.2 Å². The molecule has 0 saturated heterocycles. The zero-order chi connectivity index (χ0) is 22.6. The maximum Gasteiger partial charge on any atom is 0.262 e. The molecule has 1 saturated carbocycles. The molecule has 2 N–H and O–H groups in total. The molecule has 0 atom stereocenters. The highest BCUT2D eigenvalue weighted by molar-refractivity contribution is 7.89. The first-order chi connectivity index (χ1) is 15.4. The number of hydrogen-bond acceptors (Lipinski definition) is 4. The molecule has 168 valence electrons.